The molecule has 0 aromatic heterocycles. The van der Waals surface area contributed by atoms with Crippen LogP contribution in [0.4, 0.5) is 0 Å². The van der Waals surface area contributed by atoms with Crippen LogP contribution in [-0.4, -0.2) is 36.6 Å². The minimum absolute atomic E-state index is 0.269. The Bertz CT molecular complexity index is 271. The van der Waals surface area contributed by atoms with E-state index >= 15 is 0 Å². The van der Waals surface area contributed by atoms with Gasteiger partial charge in [-0.2, -0.15) is 0 Å². The lowest BCUT2D eigenvalue weighted by Gasteiger charge is -2.36. The van der Waals surface area contributed by atoms with Gasteiger partial charge in [-0.05, 0) is 64.5 Å². The highest BCUT2D eigenvalue weighted by molar-refractivity contribution is 5.06. The Balaban J connectivity index is 1.90. The van der Waals surface area contributed by atoms with Crippen LogP contribution < -0.4 is 5.32 Å². The maximum atomic E-state index is 3.89. The third-order valence-electron chi connectivity index (χ3n) is 4.70. The van der Waals surface area contributed by atoms with Crippen molar-refractivity contribution in [1.29, 1.82) is 0 Å². The Morgan fingerprint density at radius 1 is 1.35 bits per heavy atom. The van der Waals surface area contributed by atoms with E-state index in [-0.39, 0.29) is 5.54 Å². The smallest absolute Gasteiger partial charge is 0.0165 e. The number of rotatable bonds is 4. The van der Waals surface area contributed by atoms with Crippen molar-refractivity contribution in [1.82, 2.24) is 10.2 Å². The van der Waals surface area contributed by atoms with Crippen molar-refractivity contribution in [2.24, 2.45) is 11.3 Å². The lowest BCUT2D eigenvalue weighted by molar-refractivity contribution is 0.135. The predicted octanol–water partition coefficient (Wildman–Crippen LogP) is 2.66. The molecule has 1 atom stereocenters. The van der Waals surface area contributed by atoms with Crippen LogP contribution in [0.25, 0.3) is 0 Å². The van der Waals surface area contributed by atoms with Gasteiger partial charge in [0.1, 0.15) is 0 Å². The number of nitrogens with one attached hydrogen (secondary N) is 1. The Labute approximate surface area is 106 Å². The quantitative estimate of drug-likeness (QED) is 0.755. The Morgan fingerprint density at radius 2 is 2.00 bits per heavy atom. The minimum atomic E-state index is 0.269. The summed E-state index contributed by atoms with van der Waals surface area (Å²) in [5.74, 6) is 0.934. The molecule has 17 heavy (non-hydrogen) atoms. The van der Waals surface area contributed by atoms with Gasteiger partial charge in [-0.25, -0.2) is 0 Å². The molecule has 2 nitrogen and oxygen atoms in total. The van der Waals surface area contributed by atoms with E-state index in [2.05, 4.69) is 37.6 Å². The van der Waals surface area contributed by atoms with Crippen LogP contribution in [0.5, 0.6) is 0 Å². The van der Waals surface area contributed by atoms with Crippen molar-refractivity contribution >= 4 is 0 Å². The minimum Gasteiger partial charge on any atom is -0.317 e. The lowest BCUT2D eigenvalue weighted by Crippen LogP contribution is -2.43. The summed E-state index contributed by atoms with van der Waals surface area (Å²) in [5, 5.41) is 3.48. The van der Waals surface area contributed by atoms with E-state index < -0.39 is 0 Å². The van der Waals surface area contributed by atoms with Gasteiger partial charge in [0.25, 0.3) is 0 Å². The van der Waals surface area contributed by atoms with Crippen molar-refractivity contribution in [2.45, 2.75) is 45.6 Å². The molecule has 0 aromatic carbocycles. The van der Waals surface area contributed by atoms with Gasteiger partial charge in [0.2, 0.25) is 0 Å². The summed E-state index contributed by atoms with van der Waals surface area (Å²) >= 11 is 0. The Morgan fingerprint density at radius 3 is 2.53 bits per heavy atom. The molecule has 1 N–H and O–H groups in total. The van der Waals surface area contributed by atoms with Crippen molar-refractivity contribution in [3.05, 3.63) is 12.7 Å². The second-order valence-electron chi connectivity index (χ2n) is 6.88. The average Bonchev–Trinajstić information content (AvgIpc) is 2.90. The zero-order chi connectivity index (χ0) is 12.5. The van der Waals surface area contributed by atoms with Gasteiger partial charge in [0.15, 0.2) is 0 Å². The molecule has 1 saturated heterocycles. The van der Waals surface area contributed by atoms with Crippen LogP contribution in [0.1, 0.15) is 40.0 Å². The first-order chi connectivity index (χ1) is 7.98. The zero-order valence-corrected chi connectivity index (χ0v) is 11.8. The fourth-order valence-corrected chi connectivity index (χ4v) is 3.27. The molecule has 1 heterocycles. The molecule has 98 valence electrons. The first-order valence-corrected chi connectivity index (χ1v) is 7.05. The van der Waals surface area contributed by atoms with Crippen molar-refractivity contribution in [2.75, 3.05) is 26.2 Å². The molecule has 0 aromatic rings. The summed E-state index contributed by atoms with van der Waals surface area (Å²) in [4.78, 5) is 2.58. The van der Waals surface area contributed by atoms with Gasteiger partial charge >= 0.3 is 0 Å². The molecule has 0 radical (unpaired) electrons. The van der Waals surface area contributed by atoms with Gasteiger partial charge in [-0.3, -0.25) is 4.90 Å². The highest BCUT2D eigenvalue weighted by atomic mass is 15.2. The van der Waals surface area contributed by atoms with E-state index in [0.717, 1.165) is 12.5 Å². The van der Waals surface area contributed by atoms with Crippen LogP contribution in [-0.2, 0) is 0 Å². The standard InChI is InChI=1S/C15H28N2/c1-5-10-17(14(2,3)4)12-13-11-15(13)6-8-16-9-7-15/h5,13,16H,1,6-12H2,2-4H3. The normalized spacial score (nSPS) is 27.4. The first kappa shape index (κ1) is 13.1. The van der Waals surface area contributed by atoms with Gasteiger partial charge in [0.05, 0.1) is 0 Å². The molecule has 2 fully saturated rings. The summed E-state index contributed by atoms with van der Waals surface area (Å²) in [6.07, 6.45) is 6.29. The molecular weight excluding hydrogens is 208 g/mol. The molecule has 1 aliphatic carbocycles. The molecule has 1 saturated carbocycles. The van der Waals surface area contributed by atoms with Crippen molar-refractivity contribution in [3.63, 3.8) is 0 Å². The second-order valence-corrected chi connectivity index (χ2v) is 6.88. The maximum absolute atomic E-state index is 3.89. The molecule has 0 amide bonds. The van der Waals surface area contributed by atoms with Gasteiger partial charge in [-0.1, -0.05) is 6.08 Å². The largest absolute Gasteiger partial charge is 0.317 e. The fraction of sp³-hybridized carbons (Fsp3) is 0.867. The molecule has 2 aliphatic rings. The lowest BCUT2D eigenvalue weighted by atomic mass is 9.91. The summed E-state index contributed by atoms with van der Waals surface area (Å²) in [6, 6.07) is 0. The Hall–Kier alpha value is -0.340. The molecular formula is C15H28N2. The van der Waals surface area contributed by atoms with E-state index in [9.17, 15) is 0 Å². The van der Waals surface area contributed by atoms with E-state index in [1.54, 1.807) is 0 Å². The maximum Gasteiger partial charge on any atom is 0.0165 e. The summed E-state index contributed by atoms with van der Waals surface area (Å²) in [6.45, 7) is 15.6. The highest BCUT2D eigenvalue weighted by Crippen LogP contribution is 2.58. The van der Waals surface area contributed by atoms with E-state index in [1.807, 2.05) is 6.08 Å². The van der Waals surface area contributed by atoms with Crippen molar-refractivity contribution in [3.8, 4) is 0 Å². The number of piperidine rings is 1. The second kappa shape index (κ2) is 4.74. The molecule has 1 aliphatic heterocycles. The average molecular weight is 236 g/mol. The van der Waals surface area contributed by atoms with Crippen LogP contribution in [0, 0.1) is 11.3 Å². The number of hydrogen-bond acceptors (Lipinski definition) is 2. The molecule has 1 unspecified atom stereocenters. The molecule has 2 rings (SSSR count). The highest BCUT2D eigenvalue weighted by Gasteiger charge is 2.54. The van der Waals surface area contributed by atoms with E-state index in [0.29, 0.717) is 5.41 Å². The van der Waals surface area contributed by atoms with E-state index in [4.69, 9.17) is 0 Å². The van der Waals surface area contributed by atoms with Crippen molar-refractivity contribution < 1.29 is 0 Å². The van der Waals surface area contributed by atoms with Crippen LogP contribution in [0.15, 0.2) is 12.7 Å². The van der Waals surface area contributed by atoms with Gasteiger partial charge < -0.3 is 5.32 Å². The SMILES string of the molecule is C=CCN(CC1CC12CCNCC2)C(C)(C)C. The van der Waals surface area contributed by atoms with Gasteiger partial charge in [-0.15, -0.1) is 6.58 Å². The predicted molar refractivity (Wildman–Crippen MR) is 74.2 cm³/mol. The summed E-state index contributed by atoms with van der Waals surface area (Å²) in [5.41, 5.74) is 0.973. The summed E-state index contributed by atoms with van der Waals surface area (Å²) < 4.78 is 0. The number of nitrogens with zero attached hydrogens (tertiary/aromatic N) is 1. The third kappa shape index (κ3) is 2.92. The Kier molecular flexibility index (Phi) is 3.65. The van der Waals surface area contributed by atoms with E-state index in [1.165, 1.54) is 38.9 Å². The third-order valence-corrected chi connectivity index (χ3v) is 4.70. The monoisotopic (exact) mass is 236 g/mol. The topological polar surface area (TPSA) is 15.3 Å². The first-order valence-electron chi connectivity index (χ1n) is 7.05. The number of hydrogen-bond donors (Lipinski definition) is 1. The molecule has 1 spiro atoms. The fourth-order valence-electron chi connectivity index (χ4n) is 3.27. The zero-order valence-electron chi connectivity index (χ0n) is 11.8. The van der Waals surface area contributed by atoms with Crippen LogP contribution in [0.3, 0.4) is 0 Å². The molecule has 0 bridgehead atoms. The molecule has 2 heteroatoms. The van der Waals surface area contributed by atoms with Crippen LogP contribution in [0.2, 0.25) is 0 Å². The van der Waals surface area contributed by atoms with Crippen LogP contribution >= 0.6 is 0 Å². The van der Waals surface area contributed by atoms with Gasteiger partial charge in [0, 0.05) is 18.6 Å². The summed E-state index contributed by atoms with van der Waals surface area (Å²) in [7, 11) is 0.